The highest BCUT2D eigenvalue weighted by Crippen LogP contribution is 2.27. The summed E-state index contributed by atoms with van der Waals surface area (Å²) >= 11 is 1.76. The van der Waals surface area contributed by atoms with Gasteiger partial charge >= 0.3 is 0 Å². The molecule has 0 aliphatic heterocycles. The Morgan fingerprint density at radius 1 is 1.35 bits per heavy atom. The van der Waals surface area contributed by atoms with Crippen LogP contribution >= 0.6 is 11.3 Å². The summed E-state index contributed by atoms with van der Waals surface area (Å²) in [5, 5.41) is 8.04. The second kappa shape index (κ2) is 6.00. The van der Waals surface area contributed by atoms with Crippen LogP contribution in [0.2, 0.25) is 0 Å². The number of imidazole rings is 1. The second-order valence-corrected chi connectivity index (χ2v) is 6.61. The number of aromatic nitrogens is 2. The van der Waals surface area contributed by atoms with Crippen molar-refractivity contribution in [3.8, 4) is 0 Å². The molecule has 0 amide bonds. The lowest BCUT2D eigenvalue weighted by Gasteiger charge is -2.25. The van der Waals surface area contributed by atoms with E-state index in [2.05, 4.69) is 46.8 Å². The van der Waals surface area contributed by atoms with Crippen molar-refractivity contribution in [3.63, 3.8) is 0 Å². The number of hydrogen-bond acceptors (Lipinski definition) is 3. The predicted molar refractivity (Wildman–Crippen MR) is 85.6 cm³/mol. The maximum absolute atomic E-state index is 4.69. The summed E-state index contributed by atoms with van der Waals surface area (Å²) < 4.78 is 2.28. The third kappa shape index (κ3) is 2.90. The Bertz CT molecular complexity index is 538. The van der Waals surface area contributed by atoms with E-state index in [0.29, 0.717) is 12.1 Å². The third-order valence-corrected chi connectivity index (χ3v) is 4.94. The van der Waals surface area contributed by atoms with Crippen LogP contribution in [0.4, 0.5) is 5.95 Å². The van der Waals surface area contributed by atoms with Crippen LogP contribution in [0.25, 0.3) is 0 Å². The minimum Gasteiger partial charge on any atom is -0.353 e. The quantitative estimate of drug-likeness (QED) is 0.891. The molecule has 1 N–H and O–H groups in total. The molecule has 1 unspecified atom stereocenters. The lowest BCUT2D eigenvalue weighted by Crippen LogP contribution is -2.25. The van der Waals surface area contributed by atoms with Gasteiger partial charge < -0.3 is 9.88 Å². The Kier molecular flexibility index (Phi) is 4.10. The van der Waals surface area contributed by atoms with Gasteiger partial charge in [0.1, 0.15) is 0 Å². The van der Waals surface area contributed by atoms with E-state index < -0.39 is 0 Å². The summed E-state index contributed by atoms with van der Waals surface area (Å²) in [6, 6.07) is 3.14. The van der Waals surface area contributed by atoms with Gasteiger partial charge in [0.2, 0.25) is 5.95 Å². The van der Waals surface area contributed by atoms with Gasteiger partial charge in [-0.05, 0) is 49.1 Å². The van der Waals surface area contributed by atoms with Crippen LogP contribution in [0.5, 0.6) is 0 Å². The summed E-state index contributed by atoms with van der Waals surface area (Å²) in [6.07, 6.45) is 8.79. The molecule has 4 heteroatoms. The van der Waals surface area contributed by atoms with Crippen molar-refractivity contribution in [2.45, 2.75) is 58.0 Å². The van der Waals surface area contributed by atoms with Gasteiger partial charge in [0.05, 0.1) is 11.7 Å². The molecule has 2 aromatic rings. The molecule has 1 saturated carbocycles. The van der Waals surface area contributed by atoms with E-state index >= 15 is 0 Å². The van der Waals surface area contributed by atoms with Crippen LogP contribution in [0, 0.1) is 6.92 Å². The molecule has 0 saturated heterocycles. The maximum atomic E-state index is 4.69. The van der Waals surface area contributed by atoms with Crippen LogP contribution in [0.1, 0.15) is 56.3 Å². The molecule has 2 aromatic heterocycles. The lowest BCUT2D eigenvalue weighted by molar-refractivity contribution is 0.458. The van der Waals surface area contributed by atoms with Crippen LogP contribution in [-0.4, -0.2) is 15.6 Å². The molecule has 1 fully saturated rings. The van der Waals surface area contributed by atoms with Crippen LogP contribution in [0.15, 0.2) is 23.0 Å². The standard InChI is InChI=1S/C16H23N3S/c1-12-10-19(13(2)14-8-9-20-11-14)16(17-12)18-15-6-4-3-5-7-15/h8-11,13,15H,3-7H2,1-2H3,(H,17,18). The number of hydrogen-bond donors (Lipinski definition) is 1. The fraction of sp³-hybridized carbons (Fsp3) is 0.562. The van der Waals surface area contributed by atoms with Gasteiger partial charge in [-0.2, -0.15) is 11.3 Å². The van der Waals surface area contributed by atoms with Crippen molar-refractivity contribution in [3.05, 3.63) is 34.3 Å². The van der Waals surface area contributed by atoms with E-state index in [9.17, 15) is 0 Å². The zero-order valence-electron chi connectivity index (χ0n) is 12.3. The van der Waals surface area contributed by atoms with Crippen LogP contribution in [-0.2, 0) is 0 Å². The molecule has 0 aromatic carbocycles. The first-order chi connectivity index (χ1) is 9.74. The van der Waals surface area contributed by atoms with Gasteiger partial charge in [0, 0.05) is 12.2 Å². The highest BCUT2D eigenvalue weighted by Gasteiger charge is 2.18. The van der Waals surface area contributed by atoms with Crippen molar-refractivity contribution in [2.24, 2.45) is 0 Å². The summed E-state index contributed by atoms with van der Waals surface area (Å²) in [4.78, 5) is 4.69. The van der Waals surface area contributed by atoms with Gasteiger partial charge in [0.25, 0.3) is 0 Å². The molecule has 0 radical (unpaired) electrons. The largest absolute Gasteiger partial charge is 0.353 e. The van der Waals surface area contributed by atoms with Crippen molar-refractivity contribution in [2.75, 3.05) is 5.32 Å². The van der Waals surface area contributed by atoms with Crippen LogP contribution in [0.3, 0.4) is 0 Å². The van der Waals surface area contributed by atoms with Gasteiger partial charge in [0.15, 0.2) is 0 Å². The molecule has 1 atom stereocenters. The Morgan fingerprint density at radius 3 is 2.85 bits per heavy atom. The predicted octanol–water partition coefficient (Wildman–Crippen LogP) is 4.61. The summed E-state index contributed by atoms with van der Waals surface area (Å²) in [5.74, 6) is 1.04. The fourth-order valence-electron chi connectivity index (χ4n) is 3.02. The molecular formula is C16H23N3S. The number of anilines is 1. The topological polar surface area (TPSA) is 29.9 Å². The first kappa shape index (κ1) is 13.7. The minimum atomic E-state index is 0.341. The summed E-state index contributed by atoms with van der Waals surface area (Å²) in [7, 11) is 0. The first-order valence-corrected chi connectivity index (χ1v) is 8.52. The van der Waals surface area contributed by atoms with Gasteiger partial charge in [-0.15, -0.1) is 0 Å². The highest BCUT2D eigenvalue weighted by atomic mass is 32.1. The molecule has 1 aliphatic rings. The second-order valence-electron chi connectivity index (χ2n) is 5.83. The molecule has 108 valence electrons. The molecule has 3 nitrogen and oxygen atoms in total. The van der Waals surface area contributed by atoms with E-state index in [1.807, 2.05) is 0 Å². The highest BCUT2D eigenvalue weighted by molar-refractivity contribution is 7.07. The zero-order chi connectivity index (χ0) is 13.9. The van der Waals surface area contributed by atoms with Crippen molar-refractivity contribution < 1.29 is 0 Å². The number of nitrogens with zero attached hydrogens (tertiary/aromatic N) is 2. The van der Waals surface area contributed by atoms with Crippen LogP contribution < -0.4 is 5.32 Å². The Balaban J connectivity index is 1.80. The minimum absolute atomic E-state index is 0.341. The molecular weight excluding hydrogens is 266 g/mol. The van der Waals surface area contributed by atoms with E-state index in [-0.39, 0.29) is 0 Å². The van der Waals surface area contributed by atoms with Crippen molar-refractivity contribution >= 4 is 17.3 Å². The Morgan fingerprint density at radius 2 is 2.15 bits per heavy atom. The summed E-state index contributed by atoms with van der Waals surface area (Å²) in [6.45, 7) is 4.32. The molecule has 1 aliphatic carbocycles. The molecule has 0 bridgehead atoms. The van der Waals surface area contributed by atoms with E-state index in [4.69, 9.17) is 4.98 Å². The normalized spacial score (nSPS) is 18.1. The molecule has 3 rings (SSSR count). The Hall–Kier alpha value is -1.29. The smallest absolute Gasteiger partial charge is 0.203 e. The maximum Gasteiger partial charge on any atom is 0.203 e. The van der Waals surface area contributed by atoms with Crippen molar-refractivity contribution in [1.82, 2.24) is 9.55 Å². The lowest BCUT2D eigenvalue weighted by atomic mass is 9.96. The average molecular weight is 289 g/mol. The van der Waals surface area contributed by atoms with Gasteiger partial charge in [-0.25, -0.2) is 4.98 Å². The Labute approximate surface area is 125 Å². The molecule has 20 heavy (non-hydrogen) atoms. The van der Waals surface area contributed by atoms with Gasteiger partial charge in [-0.1, -0.05) is 19.3 Å². The first-order valence-electron chi connectivity index (χ1n) is 7.58. The number of aryl methyl sites for hydroxylation is 1. The van der Waals surface area contributed by atoms with Gasteiger partial charge in [-0.3, -0.25) is 0 Å². The number of nitrogens with one attached hydrogen (secondary N) is 1. The van der Waals surface area contributed by atoms with E-state index in [1.54, 1.807) is 11.3 Å². The number of rotatable bonds is 4. The summed E-state index contributed by atoms with van der Waals surface area (Å²) in [5.41, 5.74) is 2.45. The average Bonchev–Trinajstić information content (AvgIpc) is 3.09. The van der Waals surface area contributed by atoms with Crippen molar-refractivity contribution in [1.29, 1.82) is 0 Å². The SMILES string of the molecule is Cc1cn(C(C)c2ccsc2)c(NC2CCCCC2)n1. The zero-order valence-corrected chi connectivity index (χ0v) is 13.1. The van der Waals surface area contributed by atoms with E-state index in [0.717, 1.165) is 11.6 Å². The molecule has 0 spiro atoms. The number of thiophene rings is 1. The fourth-order valence-corrected chi connectivity index (χ4v) is 3.77. The molecule has 2 heterocycles. The monoisotopic (exact) mass is 289 g/mol. The third-order valence-electron chi connectivity index (χ3n) is 4.23. The van der Waals surface area contributed by atoms with E-state index in [1.165, 1.54) is 37.7 Å².